The van der Waals surface area contributed by atoms with E-state index in [2.05, 4.69) is 18.7 Å². The average molecular weight is 583 g/mol. The molecule has 0 bridgehead atoms. The highest BCUT2D eigenvalue weighted by molar-refractivity contribution is 6.07. The summed E-state index contributed by atoms with van der Waals surface area (Å²) in [5.74, 6) is -5.51. The van der Waals surface area contributed by atoms with Crippen LogP contribution in [0.25, 0.3) is 16.6 Å². The third-order valence-electron chi connectivity index (χ3n) is 6.95. The van der Waals surface area contributed by atoms with Gasteiger partial charge in [-0.15, -0.1) is 0 Å². The summed E-state index contributed by atoms with van der Waals surface area (Å²) in [7, 11) is 0. The van der Waals surface area contributed by atoms with E-state index in [1.54, 1.807) is 24.5 Å². The summed E-state index contributed by atoms with van der Waals surface area (Å²) in [6, 6.07) is 13.0. The zero-order chi connectivity index (χ0) is 30.6. The van der Waals surface area contributed by atoms with Crippen LogP contribution >= 0.6 is 0 Å². The molecular formula is C32H33F3N2O5. The van der Waals surface area contributed by atoms with Crippen LogP contribution in [0.3, 0.4) is 0 Å². The number of nitrogens with zero attached hydrogens (tertiary/aromatic N) is 2. The second kappa shape index (κ2) is 13.0. The first-order chi connectivity index (χ1) is 20.1. The van der Waals surface area contributed by atoms with Gasteiger partial charge < -0.3 is 23.7 Å². The van der Waals surface area contributed by atoms with E-state index in [9.17, 15) is 22.8 Å². The predicted octanol–water partition coefficient (Wildman–Crippen LogP) is 7.28. The minimum Gasteiger partial charge on any atom is -0.466 e. The van der Waals surface area contributed by atoms with Gasteiger partial charge in [-0.2, -0.15) is 4.39 Å². The molecule has 0 radical (unpaired) electrons. The Bertz CT molecular complexity index is 1610. The van der Waals surface area contributed by atoms with E-state index in [-0.39, 0.29) is 30.9 Å². The molecular weight excluding hydrogens is 549 g/mol. The first kappa shape index (κ1) is 30.5. The van der Waals surface area contributed by atoms with Crippen LogP contribution in [0.4, 0.5) is 18.9 Å². The van der Waals surface area contributed by atoms with Crippen molar-refractivity contribution in [3.05, 3.63) is 82.8 Å². The second-order valence-corrected chi connectivity index (χ2v) is 9.44. The monoisotopic (exact) mass is 582 g/mol. The molecule has 222 valence electrons. The van der Waals surface area contributed by atoms with Gasteiger partial charge in [-0.1, -0.05) is 0 Å². The molecule has 42 heavy (non-hydrogen) atoms. The molecule has 0 saturated heterocycles. The molecule has 0 spiro atoms. The van der Waals surface area contributed by atoms with Crippen LogP contribution in [-0.2, 0) is 20.7 Å². The number of hydrogen-bond acceptors (Lipinski definition) is 6. The Morgan fingerprint density at radius 3 is 2.14 bits per heavy atom. The SMILES string of the molecule is CCOC(=O)Cc1c(C(=O)OCC)c2cc(Oc3cc(F)c(C)c(F)c3F)ccc2n1-c1ccc(N(CC)CC)cc1. The third-order valence-corrected chi connectivity index (χ3v) is 6.95. The minimum atomic E-state index is -1.35. The van der Waals surface area contributed by atoms with Gasteiger partial charge in [0.2, 0.25) is 5.82 Å². The summed E-state index contributed by atoms with van der Waals surface area (Å²) in [6.07, 6.45) is -0.242. The van der Waals surface area contributed by atoms with Crippen molar-refractivity contribution in [3.63, 3.8) is 0 Å². The van der Waals surface area contributed by atoms with Gasteiger partial charge in [0.25, 0.3) is 0 Å². The van der Waals surface area contributed by atoms with Gasteiger partial charge in [-0.3, -0.25) is 4.79 Å². The number of ether oxygens (including phenoxy) is 3. The Labute approximate surface area is 242 Å². The van der Waals surface area contributed by atoms with E-state index in [1.165, 1.54) is 12.1 Å². The van der Waals surface area contributed by atoms with E-state index in [4.69, 9.17) is 14.2 Å². The van der Waals surface area contributed by atoms with Crippen molar-refractivity contribution < 1.29 is 37.0 Å². The van der Waals surface area contributed by atoms with E-state index < -0.39 is 40.7 Å². The molecule has 0 fully saturated rings. The van der Waals surface area contributed by atoms with Crippen LogP contribution < -0.4 is 9.64 Å². The molecule has 0 aliphatic heterocycles. The van der Waals surface area contributed by atoms with Gasteiger partial charge >= 0.3 is 11.9 Å². The van der Waals surface area contributed by atoms with Gasteiger partial charge in [-0.05, 0) is 77.1 Å². The van der Waals surface area contributed by atoms with Gasteiger partial charge in [0.15, 0.2) is 11.6 Å². The lowest BCUT2D eigenvalue weighted by atomic mass is 10.1. The highest BCUT2D eigenvalue weighted by Gasteiger charge is 2.27. The Morgan fingerprint density at radius 1 is 0.857 bits per heavy atom. The van der Waals surface area contributed by atoms with Crippen molar-refractivity contribution in [2.45, 2.75) is 41.0 Å². The average Bonchev–Trinajstić information content (AvgIpc) is 3.28. The quantitative estimate of drug-likeness (QED) is 0.137. The summed E-state index contributed by atoms with van der Waals surface area (Å²) in [4.78, 5) is 28.3. The smallest absolute Gasteiger partial charge is 0.340 e. The van der Waals surface area contributed by atoms with Crippen LogP contribution in [0.5, 0.6) is 11.5 Å². The second-order valence-electron chi connectivity index (χ2n) is 9.44. The number of esters is 2. The zero-order valence-corrected chi connectivity index (χ0v) is 24.2. The maximum atomic E-state index is 14.6. The van der Waals surface area contributed by atoms with Crippen molar-refractivity contribution in [1.82, 2.24) is 4.57 Å². The molecule has 0 amide bonds. The van der Waals surface area contributed by atoms with E-state index >= 15 is 0 Å². The molecule has 0 aliphatic rings. The van der Waals surface area contributed by atoms with Crippen molar-refractivity contribution in [1.29, 1.82) is 0 Å². The van der Waals surface area contributed by atoms with E-state index in [0.29, 0.717) is 22.3 Å². The number of halogens is 3. The largest absolute Gasteiger partial charge is 0.466 e. The fraction of sp³-hybridized carbons (Fsp3) is 0.312. The number of carbonyl (C=O) groups excluding carboxylic acids is 2. The number of anilines is 1. The summed E-state index contributed by atoms with van der Waals surface area (Å²) < 4.78 is 60.9. The molecule has 0 aliphatic carbocycles. The summed E-state index contributed by atoms with van der Waals surface area (Å²) in [5, 5.41) is 0.339. The molecule has 3 aromatic carbocycles. The van der Waals surface area contributed by atoms with Crippen LogP contribution in [0, 0.1) is 24.4 Å². The summed E-state index contributed by atoms with van der Waals surface area (Å²) in [6.45, 7) is 10.5. The molecule has 0 N–H and O–H groups in total. The standard InChI is InChI=1S/C32H33F3N2O5/c1-6-36(7-2)20-10-12-21(13-11-20)37-25-15-14-22(42-27-17-24(33)19(5)30(34)31(27)35)16-23(25)29(32(39)41-9-4)26(37)18-28(38)40-8-3/h10-17H,6-9,18H2,1-5H3. The lowest BCUT2D eigenvalue weighted by molar-refractivity contribution is -0.142. The fourth-order valence-electron chi connectivity index (χ4n) is 4.90. The maximum Gasteiger partial charge on any atom is 0.340 e. The molecule has 0 atom stereocenters. The van der Waals surface area contributed by atoms with Crippen molar-refractivity contribution in [2.75, 3.05) is 31.2 Å². The maximum absolute atomic E-state index is 14.6. The van der Waals surface area contributed by atoms with Crippen molar-refractivity contribution in [2.24, 2.45) is 0 Å². The molecule has 1 heterocycles. The Morgan fingerprint density at radius 2 is 1.52 bits per heavy atom. The molecule has 4 rings (SSSR count). The van der Waals surface area contributed by atoms with Crippen molar-refractivity contribution in [3.8, 4) is 17.2 Å². The molecule has 0 saturated carbocycles. The Kier molecular flexibility index (Phi) is 9.45. The van der Waals surface area contributed by atoms with Crippen molar-refractivity contribution >= 4 is 28.5 Å². The molecule has 7 nitrogen and oxygen atoms in total. The van der Waals surface area contributed by atoms with Gasteiger partial charge in [0, 0.05) is 47.2 Å². The normalized spacial score (nSPS) is 11.0. The van der Waals surface area contributed by atoms with Crippen LogP contribution in [-0.4, -0.2) is 42.8 Å². The minimum absolute atomic E-state index is 0.0197. The Balaban J connectivity index is 1.94. The number of benzene rings is 3. The fourth-order valence-corrected chi connectivity index (χ4v) is 4.90. The Hall–Kier alpha value is -4.47. The number of carbonyl (C=O) groups is 2. The highest BCUT2D eigenvalue weighted by atomic mass is 19.2. The van der Waals surface area contributed by atoms with E-state index in [0.717, 1.165) is 31.8 Å². The molecule has 0 unspecified atom stereocenters. The van der Waals surface area contributed by atoms with Gasteiger partial charge in [0.05, 0.1) is 30.7 Å². The predicted molar refractivity (Wildman–Crippen MR) is 154 cm³/mol. The zero-order valence-electron chi connectivity index (χ0n) is 24.2. The number of rotatable bonds is 11. The lowest BCUT2D eigenvalue weighted by Crippen LogP contribution is -2.21. The van der Waals surface area contributed by atoms with Crippen LogP contribution in [0.2, 0.25) is 0 Å². The first-order valence-electron chi connectivity index (χ1n) is 13.8. The molecule has 4 aromatic rings. The lowest BCUT2D eigenvalue weighted by Gasteiger charge is -2.21. The first-order valence-corrected chi connectivity index (χ1v) is 13.8. The molecule has 10 heteroatoms. The van der Waals surface area contributed by atoms with E-state index in [1.807, 2.05) is 24.3 Å². The number of hydrogen-bond donors (Lipinski definition) is 0. The van der Waals surface area contributed by atoms with Crippen LogP contribution in [0.1, 0.15) is 49.3 Å². The summed E-state index contributed by atoms with van der Waals surface area (Å²) in [5.41, 5.74) is 2.17. The summed E-state index contributed by atoms with van der Waals surface area (Å²) >= 11 is 0. The molecule has 1 aromatic heterocycles. The topological polar surface area (TPSA) is 70.0 Å². The number of aromatic nitrogens is 1. The highest BCUT2D eigenvalue weighted by Crippen LogP contribution is 2.36. The third kappa shape index (κ3) is 5.93. The van der Waals surface area contributed by atoms with Crippen LogP contribution in [0.15, 0.2) is 48.5 Å². The number of fused-ring (bicyclic) bond motifs is 1. The van der Waals surface area contributed by atoms with Gasteiger partial charge in [0.1, 0.15) is 11.6 Å². The van der Waals surface area contributed by atoms with Gasteiger partial charge in [-0.25, -0.2) is 13.6 Å².